The Morgan fingerprint density at radius 3 is 2.58 bits per heavy atom. The first-order chi connectivity index (χ1) is 16.0. The van der Waals surface area contributed by atoms with E-state index in [2.05, 4.69) is 21.2 Å². The van der Waals surface area contributed by atoms with Crippen molar-refractivity contribution in [3.05, 3.63) is 88.9 Å². The molecule has 2 amide bonds. The Morgan fingerprint density at radius 2 is 1.88 bits per heavy atom. The minimum atomic E-state index is -0.583. The van der Waals surface area contributed by atoms with Crippen LogP contribution in [-0.4, -0.2) is 34.2 Å². The Bertz CT molecular complexity index is 1170. The molecule has 1 atom stereocenters. The van der Waals surface area contributed by atoms with E-state index in [-0.39, 0.29) is 18.2 Å². The van der Waals surface area contributed by atoms with Crippen LogP contribution in [0.4, 0.5) is 11.4 Å². The molecule has 8 heteroatoms. The van der Waals surface area contributed by atoms with Crippen LogP contribution in [0, 0.1) is 0 Å². The second-order valence-electron chi connectivity index (χ2n) is 7.37. The lowest BCUT2D eigenvalue weighted by Gasteiger charge is -2.32. The van der Waals surface area contributed by atoms with E-state index in [0.717, 1.165) is 15.8 Å². The van der Waals surface area contributed by atoms with E-state index < -0.39 is 5.25 Å². The van der Waals surface area contributed by atoms with Crippen LogP contribution in [0.25, 0.3) is 0 Å². The number of hydrogen-bond acceptors (Lipinski definition) is 5. The summed E-state index contributed by atoms with van der Waals surface area (Å²) in [5, 5.41) is 2.82. The largest absolute Gasteiger partial charge is 0.497 e. The van der Waals surface area contributed by atoms with E-state index >= 15 is 0 Å². The van der Waals surface area contributed by atoms with Gasteiger partial charge in [-0.25, -0.2) is 4.99 Å². The van der Waals surface area contributed by atoms with E-state index in [1.807, 2.05) is 78.9 Å². The maximum Gasteiger partial charge on any atom is 0.238 e. The highest BCUT2D eigenvalue weighted by Crippen LogP contribution is 2.31. The maximum atomic E-state index is 13.1. The molecule has 1 saturated heterocycles. The molecule has 1 aliphatic heterocycles. The lowest BCUT2D eigenvalue weighted by molar-refractivity contribution is -0.129. The van der Waals surface area contributed by atoms with Crippen LogP contribution in [0.5, 0.6) is 5.75 Å². The predicted octanol–water partition coefficient (Wildman–Crippen LogP) is 5.62. The highest BCUT2D eigenvalue weighted by molar-refractivity contribution is 9.10. The number of hydrogen-bond donors (Lipinski definition) is 1. The molecule has 0 radical (unpaired) electrons. The molecule has 1 unspecified atom stereocenters. The molecular weight excluding hydrogens is 502 g/mol. The van der Waals surface area contributed by atoms with Crippen molar-refractivity contribution in [1.82, 2.24) is 4.90 Å². The first-order valence-corrected chi connectivity index (χ1v) is 12.0. The molecule has 1 N–H and O–H groups in total. The van der Waals surface area contributed by atoms with Crippen LogP contribution < -0.4 is 10.1 Å². The Balaban J connectivity index is 1.59. The number of rotatable bonds is 6. The van der Waals surface area contributed by atoms with Gasteiger partial charge in [0, 0.05) is 16.6 Å². The van der Waals surface area contributed by atoms with Gasteiger partial charge >= 0.3 is 0 Å². The number of benzene rings is 3. The van der Waals surface area contributed by atoms with Crippen molar-refractivity contribution in [2.45, 2.75) is 18.2 Å². The average Bonchev–Trinajstić information content (AvgIpc) is 2.82. The van der Waals surface area contributed by atoms with Crippen molar-refractivity contribution >= 4 is 56.0 Å². The molecule has 1 aliphatic rings. The van der Waals surface area contributed by atoms with Crippen LogP contribution in [0.15, 0.2) is 88.3 Å². The maximum absolute atomic E-state index is 13.1. The molecule has 4 rings (SSSR count). The third-order valence-corrected chi connectivity index (χ3v) is 6.69. The molecule has 0 bridgehead atoms. The number of aliphatic imine (C=N–C) groups is 1. The minimum absolute atomic E-state index is 0.0962. The van der Waals surface area contributed by atoms with Crippen molar-refractivity contribution in [3.8, 4) is 5.75 Å². The molecule has 0 saturated carbocycles. The molecule has 1 heterocycles. The molecule has 0 aliphatic carbocycles. The number of nitrogens with one attached hydrogen (secondary N) is 1. The third kappa shape index (κ3) is 6.03. The third-order valence-electron chi connectivity index (χ3n) is 5.00. The number of thioether (sulfide) groups is 1. The summed E-state index contributed by atoms with van der Waals surface area (Å²) in [5.41, 5.74) is 2.34. The molecule has 3 aromatic rings. The zero-order valence-corrected chi connectivity index (χ0v) is 20.3. The van der Waals surface area contributed by atoms with Crippen molar-refractivity contribution in [2.24, 2.45) is 4.99 Å². The Hall–Kier alpha value is -3.10. The summed E-state index contributed by atoms with van der Waals surface area (Å²) in [5.74, 6) is 0.353. The quantitative estimate of drug-likeness (QED) is 0.455. The van der Waals surface area contributed by atoms with E-state index in [1.54, 1.807) is 12.0 Å². The van der Waals surface area contributed by atoms with Gasteiger partial charge in [-0.1, -0.05) is 64.1 Å². The number of carbonyl (C=O) groups excluding carboxylic acids is 2. The standard InChI is InChI=1S/C25H22BrN3O3S/c1-32-21-12-10-19(11-13-21)28-25-29(16-17-6-3-2-4-7-17)23(30)15-22(33-25)24(31)27-20-9-5-8-18(26)14-20/h2-14,22H,15-16H2,1H3,(H,27,31). The Morgan fingerprint density at radius 1 is 1.12 bits per heavy atom. The molecule has 0 aromatic heterocycles. The number of halogens is 1. The monoisotopic (exact) mass is 523 g/mol. The molecule has 1 fully saturated rings. The van der Waals surface area contributed by atoms with E-state index in [0.29, 0.717) is 23.1 Å². The van der Waals surface area contributed by atoms with Crippen molar-refractivity contribution in [1.29, 1.82) is 0 Å². The first kappa shape index (κ1) is 23.1. The van der Waals surface area contributed by atoms with E-state index in [1.165, 1.54) is 11.8 Å². The zero-order chi connectivity index (χ0) is 23.2. The first-order valence-electron chi connectivity index (χ1n) is 10.3. The normalized spacial score (nSPS) is 17.2. The highest BCUT2D eigenvalue weighted by Gasteiger charge is 2.36. The van der Waals surface area contributed by atoms with Gasteiger partial charge in [0.2, 0.25) is 11.8 Å². The van der Waals surface area contributed by atoms with Crippen molar-refractivity contribution < 1.29 is 14.3 Å². The van der Waals surface area contributed by atoms with Gasteiger partial charge in [-0.3, -0.25) is 14.5 Å². The fraction of sp³-hybridized carbons (Fsp3) is 0.160. The Kier molecular flexibility index (Phi) is 7.47. The van der Waals surface area contributed by atoms with Crippen LogP contribution in [0.3, 0.4) is 0 Å². The lowest BCUT2D eigenvalue weighted by Crippen LogP contribution is -2.44. The van der Waals surface area contributed by atoms with Gasteiger partial charge in [-0.15, -0.1) is 0 Å². The number of nitrogens with zero attached hydrogens (tertiary/aromatic N) is 2. The van der Waals surface area contributed by atoms with Crippen LogP contribution >= 0.6 is 27.7 Å². The number of methoxy groups -OCH3 is 1. The average molecular weight is 524 g/mol. The van der Waals surface area contributed by atoms with Crippen LogP contribution in [0.1, 0.15) is 12.0 Å². The SMILES string of the molecule is COc1ccc(N=C2SC(C(=O)Nc3cccc(Br)c3)CC(=O)N2Cc2ccccc2)cc1. The highest BCUT2D eigenvalue weighted by atomic mass is 79.9. The topological polar surface area (TPSA) is 71.0 Å². The molecular formula is C25H22BrN3O3S. The molecule has 33 heavy (non-hydrogen) atoms. The van der Waals surface area contributed by atoms with Gasteiger partial charge in [0.1, 0.15) is 11.0 Å². The lowest BCUT2D eigenvalue weighted by atomic mass is 10.2. The number of ether oxygens (including phenoxy) is 1. The summed E-state index contributed by atoms with van der Waals surface area (Å²) < 4.78 is 6.08. The summed E-state index contributed by atoms with van der Waals surface area (Å²) in [6, 6.07) is 24.4. The summed E-state index contributed by atoms with van der Waals surface area (Å²) >= 11 is 4.71. The number of carbonyl (C=O) groups is 2. The summed E-state index contributed by atoms with van der Waals surface area (Å²) in [6.45, 7) is 0.391. The van der Waals surface area contributed by atoms with Crippen LogP contribution in [0.2, 0.25) is 0 Å². The fourth-order valence-corrected chi connectivity index (χ4v) is 4.82. The number of amides is 2. The van der Waals surface area contributed by atoms with Gasteiger partial charge in [0.25, 0.3) is 0 Å². The molecule has 3 aromatic carbocycles. The second kappa shape index (κ2) is 10.7. The fourth-order valence-electron chi connectivity index (χ4n) is 3.32. The van der Waals surface area contributed by atoms with E-state index in [9.17, 15) is 9.59 Å². The van der Waals surface area contributed by atoms with Gasteiger partial charge < -0.3 is 10.1 Å². The molecule has 168 valence electrons. The summed E-state index contributed by atoms with van der Waals surface area (Å²) in [7, 11) is 1.60. The summed E-state index contributed by atoms with van der Waals surface area (Å²) in [4.78, 5) is 32.5. The smallest absolute Gasteiger partial charge is 0.238 e. The number of anilines is 1. The van der Waals surface area contributed by atoms with Gasteiger partial charge in [-0.05, 0) is 48.0 Å². The van der Waals surface area contributed by atoms with Gasteiger partial charge in [-0.2, -0.15) is 0 Å². The molecule has 0 spiro atoms. The van der Waals surface area contributed by atoms with E-state index in [4.69, 9.17) is 9.73 Å². The number of amidine groups is 1. The minimum Gasteiger partial charge on any atom is -0.497 e. The molecule has 6 nitrogen and oxygen atoms in total. The predicted molar refractivity (Wildman–Crippen MR) is 136 cm³/mol. The van der Waals surface area contributed by atoms with Gasteiger partial charge in [0.05, 0.1) is 19.3 Å². The summed E-state index contributed by atoms with van der Waals surface area (Å²) in [6.07, 6.45) is 0.0962. The van der Waals surface area contributed by atoms with Gasteiger partial charge in [0.15, 0.2) is 5.17 Å². The van der Waals surface area contributed by atoms with Crippen molar-refractivity contribution in [2.75, 3.05) is 12.4 Å². The Labute approximate surface area is 205 Å². The zero-order valence-electron chi connectivity index (χ0n) is 17.9. The van der Waals surface area contributed by atoms with Crippen molar-refractivity contribution in [3.63, 3.8) is 0 Å². The van der Waals surface area contributed by atoms with Crippen LogP contribution in [-0.2, 0) is 16.1 Å². The second-order valence-corrected chi connectivity index (χ2v) is 9.45.